The SMILES string of the molecule is CC(C)(C)N1CC(C(=O)NC2CC3C=CC2C3)CC1=O. The molecule has 1 aliphatic heterocycles. The summed E-state index contributed by atoms with van der Waals surface area (Å²) in [6, 6.07) is 0.288. The maximum Gasteiger partial charge on any atom is 0.225 e. The van der Waals surface area contributed by atoms with E-state index in [-0.39, 0.29) is 29.3 Å². The zero-order valence-electron chi connectivity index (χ0n) is 12.6. The number of likely N-dealkylation sites (tertiary alicyclic amines) is 1. The van der Waals surface area contributed by atoms with Gasteiger partial charge in [0.1, 0.15) is 0 Å². The van der Waals surface area contributed by atoms with Crippen LogP contribution in [0, 0.1) is 17.8 Å². The molecule has 20 heavy (non-hydrogen) atoms. The Hall–Kier alpha value is -1.32. The molecule has 0 spiro atoms. The smallest absolute Gasteiger partial charge is 0.225 e. The van der Waals surface area contributed by atoms with Crippen LogP contribution >= 0.6 is 0 Å². The Morgan fingerprint density at radius 2 is 2.05 bits per heavy atom. The highest BCUT2D eigenvalue weighted by molar-refractivity contribution is 5.89. The molecule has 0 aromatic rings. The molecule has 0 radical (unpaired) electrons. The first-order valence-electron chi connectivity index (χ1n) is 7.64. The van der Waals surface area contributed by atoms with E-state index in [1.165, 1.54) is 6.42 Å². The molecule has 110 valence electrons. The van der Waals surface area contributed by atoms with Crippen molar-refractivity contribution in [2.45, 2.75) is 51.6 Å². The normalized spacial score (nSPS) is 36.0. The van der Waals surface area contributed by atoms with Crippen molar-refractivity contribution in [1.82, 2.24) is 10.2 Å². The third kappa shape index (κ3) is 2.36. The second-order valence-corrected chi connectivity index (χ2v) is 7.47. The molecule has 4 heteroatoms. The third-order valence-corrected chi connectivity index (χ3v) is 4.91. The number of hydrogen-bond acceptors (Lipinski definition) is 2. The second kappa shape index (κ2) is 4.61. The van der Waals surface area contributed by atoms with Gasteiger partial charge in [-0.3, -0.25) is 9.59 Å². The molecule has 1 N–H and O–H groups in total. The molecule has 3 aliphatic rings. The second-order valence-electron chi connectivity index (χ2n) is 7.47. The van der Waals surface area contributed by atoms with Gasteiger partial charge in [0.05, 0.1) is 5.92 Å². The van der Waals surface area contributed by atoms with Gasteiger partial charge in [-0.15, -0.1) is 0 Å². The summed E-state index contributed by atoms with van der Waals surface area (Å²) in [4.78, 5) is 26.2. The number of carbonyl (C=O) groups is 2. The van der Waals surface area contributed by atoms with Crippen LogP contribution in [0.15, 0.2) is 12.2 Å². The molecule has 0 aromatic heterocycles. The molecule has 2 fully saturated rings. The van der Waals surface area contributed by atoms with Gasteiger partial charge in [-0.25, -0.2) is 0 Å². The van der Waals surface area contributed by atoms with Crippen LogP contribution in [-0.4, -0.2) is 34.8 Å². The average molecular weight is 276 g/mol. The van der Waals surface area contributed by atoms with E-state index in [2.05, 4.69) is 17.5 Å². The van der Waals surface area contributed by atoms with E-state index in [1.54, 1.807) is 0 Å². The van der Waals surface area contributed by atoms with E-state index in [0.29, 0.717) is 24.8 Å². The van der Waals surface area contributed by atoms with Gasteiger partial charge in [0, 0.05) is 24.5 Å². The van der Waals surface area contributed by atoms with Gasteiger partial charge < -0.3 is 10.2 Å². The van der Waals surface area contributed by atoms with Crippen LogP contribution in [-0.2, 0) is 9.59 Å². The molecule has 0 aromatic carbocycles. The van der Waals surface area contributed by atoms with E-state index >= 15 is 0 Å². The van der Waals surface area contributed by atoms with Crippen molar-refractivity contribution in [2.24, 2.45) is 17.8 Å². The molecule has 2 bridgehead atoms. The van der Waals surface area contributed by atoms with Crippen molar-refractivity contribution in [3.8, 4) is 0 Å². The topological polar surface area (TPSA) is 49.4 Å². The highest BCUT2D eigenvalue weighted by atomic mass is 16.2. The van der Waals surface area contributed by atoms with E-state index in [9.17, 15) is 9.59 Å². The highest BCUT2D eigenvalue weighted by Crippen LogP contribution is 2.39. The van der Waals surface area contributed by atoms with Crippen molar-refractivity contribution in [3.05, 3.63) is 12.2 Å². The molecule has 3 rings (SSSR count). The summed E-state index contributed by atoms with van der Waals surface area (Å²) in [5, 5.41) is 3.18. The van der Waals surface area contributed by atoms with Gasteiger partial charge in [0.2, 0.25) is 11.8 Å². The van der Waals surface area contributed by atoms with Crippen LogP contribution in [0.3, 0.4) is 0 Å². The Morgan fingerprint density at radius 1 is 1.30 bits per heavy atom. The number of hydrogen-bond donors (Lipinski definition) is 1. The van der Waals surface area contributed by atoms with Crippen molar-refractivity contribution >= 4 is 11.8 Å². The van der Waals surface area contributed by atoms with E-state index in [0.717, 1.165) is 6.42 Å². The number of rotatable bonds is 2. The molecule has 2 aliphatic carbocycles. The number of amides is 2. The fraction of sp³-hybridized carbons (Fsp3) is 0.750. The number of nitrogens with one attached hydrogen (secondary N) is 1. The highest BCUT2D eigenvalue weighted by Gasteiger charge is 2.42. The van der Waals surface area contributed by atoms with Crippen LogP contribution < -0.4 is 5.32 Å². The van der Waals surface area contributed by atoms with Crippen molar-refractivity contribution in [1.29, 1.82) is 0 Å². The van der Waals surface area contributed by atoms with Gasteiger partial charge in [-0.1, -0.05) is 12.2 Å². The number of nitrogens with zero attached hydrogens (tertiary/aromatic N) is 1. The molecular formula is C16H24N2O2. The van der Waals surface area contributed by atoms with Crippen LogP contribution in [0.25, 0.3) is 0 Å². The van der Waals surface area contributed by atoms with Crippen molar-refractivity contribution < 1.29 is 9.59 Å². The minimum atomic E-state index is -0.193. The van der Waals surface area contributed by atoms with Gasteiger partial charge >= 0.3 is 0 Å². The Balaban J connectivity index is 1.59. The lowest BCUT2D eigenvalue weighted by molar-refractivity contribution is -0.132. The lowest BCUT2D eigenvalue weighted by atomic mass is 10.00. The first-order valence-corrected chi connectivity index (χ1v) is 7.64. The third-order valence-electron chi connectivity index (χ3n) is 4.91. The number of carbonyl (C=O) groups excluding carboxylic acids is 2. The fourth-order valence-corrected chi connectivity index (χ4v) is 3.78. The maximum absolute atomic E-state index is 12.4. The monoisotopic (exact) mass is 276 g/mol. The fourth-order valence-electron chi connectivity index (χ4n) is 3.78. The van der Waals surface area contributed by atoms with Gasteiger partial charge in [-0.2, -0.15) is 0 Å². The predicted octanol–water partition coefficient (Wildman–Crippen LogP) is 1.71. The molecule has 4 atom stereocenters. The van der Waals surface area contributed by atoms with E-state index < -0.39 is 0 Å². The van der Waals surface area contributed by atoms with Crippen LogP contribution in [0.2, 0.25) is 0 Å². The Labute approximate surface area is 120 Å². The molecule has 1 saturated heterocycles. The summed E-state index contributed by atoms with van der Waals surface area (Å²) in [7, 11) is 0. The average Bonchev–Trinajstić information content (AvgIpc) is 3.01. The minimum Gasteiger partial charge on any atom is -0.352 e. The largest absolute Gasteiger partial charge is 0.352 e. The Morgan fingerprint density at radius 3 is 2.55 bits per heavy atom. The predicted molar refractivity (Wildman–Crippen MR) is 76.9 cm³/mol. The summed E-state index contributed by atoms with van der Waals surface area (Å²) < 4.78 is 0. The molecular weight excluding hydrogens is 252 g/mol. The summed E-state index contributed by atoms with van der Waals surface area (Å²) in [6.45, 7) is 6.62. The summed E-state index contributed by atoms with van der Waals surface area (Å²) in [5.41, 5.74) is -0.193. The first kappa shape index (κ1) is 13.7. The molecule has 2 amide bonds. The van der Waals surface area contributed by atoms with Crippen LogP contribution in [0.1, 0.15) is 40.0 Å². The number of allylic oxidation sites excluding steroid dienone is 1. The Bertz CT molecular complexity index is 464. The standard InChI is InChI=1S/C16H24N2O2/c1-16(2,3)18-9-12(8-14(18)19)15(20)17-13-7-10-4-5-11(13)6-10/h4-5,10-13H,6-9H2,1-3H3,(H,17,20). The maximum atomic E-state index is 12.4. The Kier molecular flexibility index (Phi) is 3.14. The minimum absolute atomic E-state index is 0.0658. The molecule has 4 unspecified atom stereocenters. The van der Waals surface area contributed by atoms with Gasteiger partial charge in [0.25, 0.3) is 0 Å². The lowest BCUT2D eigenvalue weighted by Gasteiger charge is -2.32. The summed E-state index contributed by atoms with van der Waals surface area (Å²) in [5.74, 6) is 1.16. The van der Waals surface area contributed by atoms with Crippen molar-refractivity contribution in [3.63, 3.8) is 0 Å². The van der Waals surface area contributed by atoms with E-state index in [1.807, 2.05) is 25.7 Å². The van der Waals surface area contributed by atoms with Crippen LogP contribution in [0.4, 0.5) is 0 Å². The van der Waals surface area contributed by atoms with Gasteiger partial charge in [-0.05, 0) is 45.4 Å². The molecule has 4 nitrogen and oxygen atoms in total. The summed E-state index contributed by atoms with van der Waals surface area (Å²) >= 11 is 0. The zero-order valence-corrected chi connectivity index (χ0v) is 12.6. The van der Waals surface area contributed by atoms with Crippen LogP contribution in [0.5, 0.6) is 0 Å². The van der Waals surface area contributed by atoms with Crippen molar-refractivity contribution in [2.75, 3.05) is 6.54 Å². The van der Waals surface area contributed by atoms with E-state index in [4.69, 9.17) is 0 Å². The first-order chi connectivity index (χ1) is 9.34. The van der Waals surface area contributed by atoms with Gasteiger partial charge in [0.15, 0.2) is 0 Å². The molecule has 1 heterocycles. The quantitative estimate of drug-likeness (QED) is 0.781. The summed E-state index contributed by atoms with van der Waals surface area (Å²) in [6.07, 6.45) is 7.12. The zero-order chi connectivity index (χ0) is 14.5. The molecule has 1 saturated carbocycles. The lowest BCUT2D eigenvalue weighted by Crippen LogP contribution is -2.44. The number of fused-ring (bicyclic) bond motifs is 2.